The van der Waals surface area contributed by atoms with Gasteiger partial charge in [0.15, 0.2) is 0 Å². The normalized spacial score (nSPS) is 13.9. The molecule has 0 aromatic rings. The lowest BCUT2D eigenvalue weighted by molar-refractivity contribution is -0.142. The van der Waals surface area contributed by atoms with Crippen molar-refractivity contribution >= 4 is 17.8 Å². The number of carbonyl (C=O) groups is 3. The zero-order valence-electron chi connectivity index (χ0n) is 13.2. The number of hydrogen-bond donors (Lipinski definition) is 4. The first-order valence-electron chi connectivity index (χ1n) is 7.17. The van der Waals surface area contributed by atoms with Gasteiger partial charge < -0.3 is 21.5 Å². The summed E-state index contributed by atoms with van der Waals surface area (Å²) >= 11 is 0. The van der Waals surface area contributed by atoms with Gasteiger partial charge in [-0.05, 0) is 18.3 Å². The molecule has 122 valence electrons. The summed E-state index contributed by atoms with van der Waals surface area (Å²) in [6.45, 7) is 7.32. The van der Waals surface area contributed by atoms with Crippen molar-refractivity contribution in [1.29, 1.82) is 0 Å². The number of nitrogens with two attached hydrogens (primary N) is 1. The Bertz CT molecular complexity index is 369. The number of hydrogen-bond acceptors (Lipinski definition) is 4. The van der Waals surface area contributed by atoms with Crippen LogP contribution in [0.15, 0.2) is 0 Å². The van der Waals surface area contributed by atoms with Gasteiger partial charge in [0.05, 0.1) is 18.5 Å². The molecule has 0 radical (unpaired) electrons. The molecule has 21 heavy (non-hydrogen) atoms. The van der Waals surface area contributed by atoms with E-state index in [9.17, 15) is 14.4 Å². The molecule has 0 aliphatic heterocycles. The monoisotopic (exact) mass is 301 g/mol. The van der Waals surface area contributed by atoms with Crippen molar-refractivity contribution in [3.05, 3.63) is 0 Å². The maximum atomic E-state index is 11.6. The van der Waals surface area contributed by atoms with E-state index in [0.717, 1.165) is 0 Å². The number of nitrogens with one attached hydrogen (secondary N) is 2. The van der Waals surface area contributed by atoms with Gasteiger partial charge in [-0.2, -0.15) is 0 Å². The SMILES string of the molecule is CC(C)CC(CNC(=O)CNC(=O)[C@@H](N)C(C)C)C(=O)O. The number of amides is 2. The minimum absolute atomic E-state index is 0.0181. The van der Waals surface area contributed by atoms with Gasteiger partial charge in [-0.1, -0.05) is 27.7 Å². The van der Waals surface area contributed by atoms with Crippen molar-refractivity contribution in [2.45, 2.75) is 40.2 Å². The average molecular weight is 301 g/mol. The first-order chi connectivity index (χ1) is 9.65. The number of carboxylic acids is 1. The van der Waals surface area contributed by atoms with Gasteiger partial charge >= 0.3 is 5.97 Å². The molecule has 0 saturated carbocycles. The third kappa shape index (κ3) is 8.29. The Labute approximate surface area is 125 Å². The molecule has 0 bridgehead atoms. The van der Waals surface area contributed by atoms with Gasteiger partial charge in [-0.3, -0.25) is 14.4 Å². The van der Waals surface area contributed by atoms with Crippen LogP contribution in [-0.4, -0.2) is 42.0 Å². The fourth-order valence-electron chi connectivity index (χ4n) is 1.73. The Morgan fingerprint density at radius 3 is 2.10 bits per heavy atom. The largest absolute Gasteiger partial charge is 0.481 e. The average Bonchev–Trinajstić information content (AvgIpc) is 2.38. The Balaban J connectivity index is 4.14. The molecule has 0 saturated heterocycles. The van der Waals surface area contributed by atoms with E-state index in [2.05, 4.69) is 10.6 Å². The maximum absolute atomic E-state index is 11.6. The lowest BCUT2D eigenvalue weighted by Crippen LogP contribution is -2.47. The highest BCUT2D eigenvalue weighted by Crippen LogP contribution is 2.10. The molecular formula is C14H27N3O4. The second-order valence-electron chi connectivity index (χ2n) is 5.96. The predicted molar refractivity (Wildman–Crippen MR) is 79.4 cm³/mol. The molecule has 5 N–H and O–H groups in total. The summed E-state index contributed by atoms with van der Waals surface area (Å²) in [4.78, 5) is 34.2. The van der Waals surface area contributed by atoms with Gasteiger partial charge in [-0.25, -0.2) is 0 Å². The van der Waals surface area contributed by atoms with Crippen molar-refractivity contribution < 1.29 is 19.5 Å². The van der Waals surface area contributed by atoms with Crippen LogP contribution in [0.3, 0.4) is 0 Å². The van der Waals surface area contributed by atoms with Crippen molar-refractivity contribution in [1.82, 2.24) is 10.6 Å². The van der Waals surface area contributed by atoms with Crippen molar-refractivity contribution in [3.63, 3.8) is 0 Å². The van der Waals surface area contributed by atoms with Crippen LogP contribution in [0.5, 0.6) is 0 Å². The second-order valence-corrected chi connectivity index (χ2v) is 5.96. The molecule has 0 aromatic heterocycles. The summed E-state index contributed by atoms with van der Waals surface area (Å²) in [7, 11) is 0. The van der Waals surface area contributed by atoms with E-state index < -0.39 is 29.7 Å². The van der Waals surface area contributed by atoms with E-state index in [0.29, 0.717) is 6.42 Å². The molecule has 0 aromatic carbocycles. The van der Waals surface area contributed by atoms with Gasteiger partial charge in [-0.15, -0.1) is 0 Å². The van der Waals surface area contributed by atoms with E-state index in [4.69, 9.17) is 10.8 Å². The fourth-order valence-corrected chi connectivity index (χ4v) is 1.73. The van der Waals surface area contributed by atoms with Crippen LogP contribution in [0.4, 0.5) is 0 Å². The molecule has 0 aliphatic rings. The fraction of sp³-hybridized carbons (Fsp3) is 0.786. The zero-order valence-corrected chi connectivity index (χ0v) is 13.2. The van der Waals surface area contributed by atoms with Crippen LogP contribution in [0, 0.1) is 17.8 Å². The summed E-state index contributed by atoms with van der Waals surface area (Å²) < 4.78 is 0. The topological polar surface area (TPSA) is 122 Å². The summed E-state index contributed by atoms with van der Waals surface area (Å²) in [5.41, 5.74) is 5.64. The zero-order chi connectivity index (χ0) is 16.6. The minimum atomic E-state index is -0.935. The summed E-state index contributed by atoms with van der Waals surface area (Å²) in [6, 6.07) is -0.662. The molecule has 0 rings (SSSR count). The number of aliphatic carboxylic acids is 1. The molecule has 7 heteroatoms. The van der Waals surface area contributed by atoms with Crippen molar-refractivity contribution in [2.24, 2.45) is 23.5 Å². The quantitative estimate of drug-likeness (QED) is 0.475. The van der Waals surface area contributed by atoms with Crippen molar-refractivity contribution in [3.8, 4) is 0 Å². The Morgan fingerprint density at radius 2 is 1.67 bits per heavy atom. The molecule has 0 heterocycles. The highest BCUT2D eigenvalue weighted by Gasteiger charge is 2.21. The van der Waals surface area contributed by atoms with E-state index in [1.54, 1.807) is 0 Å². The first-order valence-corrected chi connectivity index (χ1v) is 7.17. The van der Waals surface area contributed by atoms with Crippen LogP contribution in [0.1, 0.15) is 34.1 Å². The highest BCUT2D eigenvalue weighted by molar-refractivity contribution is 5.87. The van der Waals surface area contributed by atoms with Crippen LogP contribution < -0.4 is 16.4 Å². The van der Waals surface area contributed by atoms with Gasteiger partial charge in [0.1, 0.15) is 0 Å². The third-order valence-corrected chi connectivity index (χ3v) is 3.09. The summed E-state index contributed by atoms with van der Waals surface area (Å²) in [5, 5.41) is 14.0. The van der Waals surface area contributed by atoms with Crippen molar-refractivity contribution in [2.75, 3.05) is 13.1 Å². The van der Waals surface area contributed by atoms with Gasteiger partial charge in [0, 0.05) is 6.54 Å². The van der Waals surface area contributed by atoms with E-state index in [1.807, 2.05) is 27.7 Å². The maximum Gasteiger partial charge on any atom is 0.308 e. The van der Waals surface area contributed by atoms with Crippen LogP contribution >= 0.6 is 0 Å². The Kier molecular flexibility index (Phi) is 8.61. The summed E-state index contributed by atoms with van der Waals surface area (Å²) in [6.07, 6.45) is 0.486. The van der Waals surface area contributed by atoms with E-state index in [-0.39, 0.29) is 24.9 Å². The Morgan fingerprint density at radius 1 is 1.10 bits per heavy atom. The Hall–Kier alpha value is -1.63. The lowest BCUT2D eigenvalue weighted by Gasteiger charge is -2.17. The molecule has 1 unspecified atom stereocenters. The van der Waals surface area contributed by atoms with Crippen LogP contribution in [0.25, 0.3) is 0 Å². The standard InChI is InChI=1S/C14H27N3O4/c1-8(2)5-10(14(20)21)6-16-11(18)7-17-13(19)12(15)9(3)4/h8-10,12H,5-7,15H2,1-4H3,(H,16,18)(H,17,19)(H,20,21)/t10?,12-/m0/s1. The molecule has 0 aliphatic carbocycles. The molecular weight excluding hydrogens is 274 g/mol. The highest BCUT2D eigenvalue weighted by atomic mass is 16.4. The van der Waals surface area contributed by atoms with E-state index in [1.165, 1.54) is 0 Å². The van der Waals surface area contributed by atoms with Gasteiger partial charge in [0.2, 0.25) is 11.8 Å². The molecule has 2 atom stereocenters. The molecule has 0 spiro atoms. The number of carbonyl (C=O) groups excluding carboxylic acids is 2. The number of rotatable bonds is 9. The lowest BCUT2D eigenvalue weighted by atomic mass is 9.97. The molecule has 7 nitrogen and oxygen atoms in total. The molecule has 0 fully saturated rings. The van der Waals surface area contributed by atoms with Crippen LogP contribution in [0.2, 0.25) is 0 Å². The van der Waals surface area contributed by atoms with Gasteiger partial charge in [0.25, 0.3) is 0 Å². The first kappa shape index (κ1) is 19.4. The van der Waals surface area contributed by atoms with Crippen LogP contribution in [-0.2, 0) is 14.4 Å². The molecule has 2 amide bonds. The summed E-state index contributed by atoms with van der Waals surface area (Å²) in [5.74, 6) is -2.16. The second kappa shape index (κ2) is 9.33. The minimum Gasteiger partial charge on any atom is -0.481 e. The predicted octanol–water partition coefficient (Wildman–Crippen LogP) is -0.0510. The third-order valence-electron chi connectivity index (χ3n) is 3.09. The van der Waals surface area contributed by atoms with E-state index >= 15 is 0 Å². The smallest absolute Gasteiger partial charge is 0.308 e. The number of carboxylic acid groups (broad SMARTS) is 1.